The molecule has 2 aromatic carbocycles. The maximum atomic E-state index is 6.58. The molecule has 2 aliphatic rings. The quantitative estimate of drug-likeness (QED) is 0.812. The number of aliphatic imine (C=N–C) groups is 1. The monoisotopic (exact) mass is 363 g/mol. The van der Waals surface area contributed by atoms with Gasteiger partial charge < -0.3 is 4.90 Å². The molecule has 0 radical (unpaired) electrons. The van der Waals surface area contributed by atoms with Crippen molar-refractivity contribution in [3.63, 3.8) is 0 Å². The summed E-state index contributed by atoms with van der Waals surface area (Å²) in [4.78, 5) is 14.0. The number of hydrogen-bond donors (Lipinski definition) is 0. The Balaban J connectivity index is 1.89. The maximum absolute atomic E-state index is 6.58. The van der Waals surface area contributed by atoms with Gasteiger partial charge in [-0.3, -0.25) is 0 Å². The number of benzene rings is 2. The van der Waals surface area contributed by atoms with E-state index in [0.29, 0.717) is 0 Å². The summed E-state index contributed by atoms with van der Waals surface area (Å²) in [6, 6.07) is 17.3. The first-order valence-electron chi connectivity index (χ1n) is 10.1. The highest BCUT2D eigenvalue weighted by atomic mass is 16.7. The van der Waals surface area contributed by atoms with Crippen molar-refractivity contribution in [1.82, 2.24) is 9.96 Å². The topological polar surface area (TPSA) is 28.1 Å². The van der Waals surface area contributed by atoms with Crippen LogP contribution >= 0.6 is 0 Å². The lowest BCUT2D eigenvalue weighted by molar-refractivity contribution is -0.155. The van der Waals surface area contributed by atoms with E-state index in [0.717, 1.165) is 38.2 Å². The SMILES string of the molecule is CCCCN(C)C1=NC2(ON1C)c1ccccc1CCCc1ccccc12. The van der Waals surface area contributed by atoms with Gasteiger partial charge in [0.25, 0.3) is 0 Å². The molecule has 27 heavy (non-hydrogen) atoms. The minimum Gasteiger partial charge on any atom is -0.344 e. The third-order valence-electron chi connectivity index (χ3n) is 5.65. The summed E-state index contributed by atoms with van der Waals surface area (Å²) in [6.07, 6.45) is 5.56. The van der Waals surface area contributed by atoms with Crippen LogP contribution in [0.5, 0.6) is 0 Å². The number of rotatable bonds is 3. The molecule has 0 amide bonds. The van der Waals surface area contributed by atoms with Gasteiger partial charge >= 0.3 is 0 Å². The van der Waals surface area contributed by atoms with E-state index < -0.39 is 5.72 Å². The number of hydrogen-bond acceptors (Lipinski definition) is 4. The zero-order valence-electron chi connectivity index (χ0n) is 16.6. The smallest absolute Gasteiger partial charge is 0.240 e. The van der Waals surface area contributed by atoms with Crippen molar-refractivity contribution in [3.05, 3.63) is 70.8 Å². The minimum atomic E-state index is -0.793. The number of unbranched alkanes of at least 4 members (excludes halogenated alkanes) is 1. The largest absolute Gasteiger partial charge is 0.344 e. The van der Waals surface area contributed by atoms with E-state index in [4.69, 9.17) is 9.83 Å². The van der Waals surface area contributed by atoms with Gasteiger partial charge in [0.1, 0.15) is 0 Å². The predicted molar refractivity (Wildman–Crippen MR) is 110 cm³/mol. The number of nitrogens with zero attached hydrogens (tertiary/aromatic N) is 3. The molecule has 1 spiro atoms. The van der Waals surface area contributed by atoms with Gasteiger partial charge in [-0.15, -0.1) is 0 Å². The Labute approximate surface area is 162 Å². The molecule has 0 saturated heterocycles. The summed E-state index contributed by atoms with van der Waals surface area (Å²) in [5, 5.41) is 1.85. The van der Waals surface area contributed by atoms with E-state index in [9.17, 15) is 0 Å². The van der Waals surface area contributed by atoms with Gasteiger partial charge in [0.2, 0.25) is 11.7 Å². The van der Waals surface area contributed by atoms with Crippen molar-refractivity contribution in [1.29, 1.82) is 0 Å². The van der Waals surface area contributed by atoms with Crippen LogP contribution in [0.1, 0.15) is 48.4 Å². The number of hydroxylamine groups is 2. The maximum Gasteiger partial charge on any atom is 0.240 e. The predicted octanol–water partition coefficient (Wildman–Crippen LogP) is 4.34. The first kappa shape index (κ1) is 18.1. The zero-order chi connectivity index (χ0) is 18.9. The highest BCUT2D eigenvalue weighted by molar-refractivity contribution is 5.81. The second-order valence-corrected chi connectivity index (χ2v) is 7.59. The molecule has 0 bridgehead atoms. The fraction of sp³-hybridized carbons (Fsp3) is 0.435. The van der Waals surface area contributed by atoms with Crippen molar-refractivity contribution >= 4 is 5.96 Å². The zero-order valence-corrected chi connectivity index (χ0v) is 16.6. The molecule has 0 aromatic heterocycles. The van der Waals surface area contributed by atoms with Gasteiger partial charge in [-0.1, -0.05) is 61.9 Å². The third-order valence-corrected chi connectivity index (χ3v) is 5.65. The lowest BCUT2D eigenvalue weighted by Gasteiger charge is -2.32. The molecule has 1 aliphatic carbocycles. The van der Waals surface area contributed by atoms with Crippen molar-refractivity contribution < 1.29 is 4.84 Å². The summed E-state index contributed by atoms with van der Waals surface area (Å²) >= 11 is 0. The second kappa shape index (κ2) is 7.35. The molecular weight excluding hydrogens is 334 g/mol. The fourth-order valence-corrected chi connectivity index (χ4v) is 4.26. The van der Waals surface area contributed by atoms with Gasteiger partial charge in [0.05, 0.1) is 0 Å². The highest BCUT2D eigenvalue weighted by Crippen LogP contribution is 2.44. The van der Waals surface area contributed by atoms with Gasteiger partial charge in [0.15, 0.2) is 0 Å². The molecule has 0 N–H and O–H groups in total. The van der Waals surface area contributed by atoms with Crippen molar-refractivity contribution in [3.8, 4) is 0 Å². The molecule has 0 fully saturated rings. The summed E-state index contributed by atoms with van der Waals surface area (Å²) in [5.41, 5.74) is 4.21. The van der Waals surface area contributed by atoms with Crippen LogP contribution in [0.4, 0.5) is 0 Å². The van der Waals surface area contributed by atoms with Crippen LogP contribution in [-0.4, -0.2) is 36.6 Å². The lowest BCUT2D eigenvalue weighted by atomic mass is 9.83. The molecule has 0 unspecified atom stereocenters. The molecule has 142 valence electrons. The van der Waals surface area contributed by atoms with E-state index in [1.54, 1.807) is 0 Å². The van der Waals surface area contributed by atoms with Crippen molar-refractivity contribution in [2.24, 2.45) is 4.99 Å². The van der Waals surface area contributed by atoms with E-state index >= 15 is 0 Å². The van der Waals surface area contributed by atoms with Crippen LogP contribution in [0.15, 0.2) is 53.5 Å². The van der Waals surface area contributed by atoms with Crippen LogP contribution in [0.2, 0.25) is 0 Å². The van der Waals surface area contributed by atoms with E-state index in [-0.39, 0.29) is 0 Å². The Bertz CT molecular complexity index is 798. The number of fused-ring (bicyclic) bond motifs is 4. The van der Waals surface area contributed by atoms with Gasteiger partial charge in [-0.05, 0) is 36.8 Å². The molecule has 4 rings (SSSR count). The Morgan fingerprint density at radius 2 is 1.63 bits per heavy atom. The minimum absolute atomic E-state index is 0.793. The van der Waals surface area contributed by atoms with Crippen LogP contribution in [-0.2, 0) is 23.4 Å². The molecule has 1 aliphatic heterocycles. The molecule has 0 saturated carbocycles. The summed E-state index contributed by atoms with van der Waals surface area (Å²) in [5.74, 6) is 0.897. The van der Waals surface area contributed by atoms with Gasteiger partial charge in [-0.2, -0.15) is 0 Å². The summed E-state index contributed by atoms with van der Waals surface area (Å²) < 4.78 is 0. The van der Waals surface area contributed by atoms with E-state index in [1.807, 2.05) is 12.1 Å². The number of aryl methyl sites for hydroxylation is 2. The number of guanidine groups is 1. The van der Waals surface area contributed by atoms with Crippen molar-refractivity contribution in [2.45, 2.75) is 44.8 Å². The highest BCUT2D eigenvalue weighted by Gasteiger charge is 2.47. The fourth-order valence-electron chi connectivity index (χ4n) is 4.26. The standard InChI is InChI=1S/C23H29N3O/c1-4-5-17-25(2)22-24-23(27-26(22)3)20-15-8-6-11-18(20)13-10-14-19-12-7-9-16-21(19)23/h6-9,11-12,15-16H,4-5,10,13-14,17H2,1-3H3. The normalized spacial score (nSPS) is 17.7. The molecule has 0 atom stereocenters. The summed E-state index contributed by atoms with van der Waals surface area (Å²) in [7, 11) is 4.08. The van der Waals surface area contributed by atoms with Crippen LogP contribution in [0, 0.1) is 0 Å². The average Bonchev–Trinajstić information content (AvgIpc) is 3.04. The Hall–Kier alpha value is -2.33. The first-order chi connectivity index (χ1) is 13.2. The van der Waals surface area contributed by atoms with E-state index in [2.05, 4.69) is 67.4 Å². The Morgan fingerprint density at radius 1 is 1.04 bits per heavy atom. The average molecular weight is 364 g/mol. The second-order valence-electron chi connectivity index (χ2n) is 7.59. The molecule has 4 heteroatoms. The van der Waals surface area contributed by atoms with Crippen LogP contribution < -0.4 is 0 Å². The molecule has 1 heterocycles. The third kappa shape index (κ3) is 3.12. The van der Waals surface area contributed by atoms with Gasteiger partial charge in [-0.25, -0.2) is 14.9 Å². The van der Waals surface area contributed by atoms with Crippen molar-refractivity contribution in [2.75, 3.05) is 20.6 Å². The first-order valence-corrected chi connectivity index (χ1v) is 10.1. The lowest BCUT2D eigenvalue weighted by Crippen LogP contribution is -2.38. The summed E-state index contributed by atoms with van der Waals surface area (Å²) in [6.45, 7) is 3.19. The van der Waals surface area contributed by atoms with E-state index in [1.165, 1.54) is 28.7 Å². The van der Waals surface area contributed by atoms with Crippen LogP contribution in [0.3, 0.4) is 0 Å². The Kier molecular flexibility index (Phi) is 4.92. The molecular formula is C23H29N3O. The van der Waals surface area contributed by atoms with Gasteiger partial charge in [0, 0.05) is 31.8 Å². The van der Waals surface area contributed by atoms with Crippen LogP contribution in [0.25, 0.3) is 0 Å². The molecule has 4 nitrogen and oxygen atoms in total. The molecule has 2 aromatic rings. The Morgan fingerprint density at radius 3 is 2.22 bits per heavy atom.